The minimum atomic E-state index is -3.23. The molecule has 8 heteroatoms. The second-order valence-electron chi connectivity index (χ2n) is 7.08. The van der Waals surface area contributed by atoms with Gasteiger partial charge >= 0.3 is 0 Å². The van der Waals surface area contributed by atoms with E-state index in [2.05, 4.69) is 4.72 Å². The molecule has 2 aromatic rings. The molecule has 0 radical (unpaired) electrons. The molecule has 0 atom stereocenters. The normalized spacial score (nSPS) is 15.9. The Hall–Kier alpha value is -2.03. The van der Waals surface area contributed by atoms with Gasteiger partial charge in [-0.05, 0) is 55.2 Å². The fraction of sp³-hybridized carbons (Fsp3) is 0.381. The van der Waals surface area contributed by atoms with Crippen LogP contribution in [0.15, 0.2) is 42.5 Å². The maximum Gasteiger partial charge on any atom is 0.246 e. The summed E-state index contributed by atoms with van der Waals surface area (Å²) in [5, 5.41) is 0. The predicted octanol–water partition coefficient (Wildman–Crippen LogP) is 3.89. The number of sulfonamides is 1. The van der Waals surface area contributed by atoms with Crippen LogP contribution < -0.4 is 4.72 Å². The van der Waals surface area contributed by atoms with Crippen LogP contribution in [-0.4, -0.2) is 44.1 Å². The van der Waals surface area contributed by atoms with E-state index in [0.29, 0.717) is 32.4 Å². The number of hydrogen-bond donors (Lipinski definition) is 1. The first-order valence-electron chi connectivity index (χ1n) is 9.69. The van der Waals surface area contributed by atoms with Crippen molar-refractivity contribution in [2.45, 2.75) is 32.2 Å². The van der Waals surface area contributed by atoms with Gasteiger partial charge in [-0.2, -0.15) is 0 Å². The first-order valence-corrected chi connectivity index (χ1v) is 12.2. The van der Waals surface area contributed by atoms with Crippen LogP contribution in [0.5, 0.6) is 0 Å². The molecule has 1 aromatic heterocycles. The highest BCUT2D eigenvalue weighted by atomic mass is 32.2. The van der Waals surface area contributed by atoms with Gasteiger partial charge in [-0.25, -0.2) is 17.5 Å². The molecular formula is C21H25FN2O3S2. The molecule has 0 bridgehead atoms. The van der Waals surface area contributed by atoms with E-state index in [9.17, 15) is 17.6 Å². The zero-order chi connectivity index (χ0) is 20.9. The molecule has 1 aliphatic rings. The Balaban J connectivity index is 1.52. The van der Waals surface area contributed by atoms with Gasteiger partial charge in [0.25, 0.3) is 0 Å². The number of piperidine rings is 1. The molecule has 29 heavy (non-hydrogen) atoms. The lowest BCUT2D eigenvalue weighted by molar-refractivity contribution is -0.126. The van der Waals surface area contributed by atoms with Gasteiger partial charge in [0.2, 0.25) is 15.9 Å². The van der Waals surface area contributed by atoms with Crippen molar-refractivity contribution in [1.82, 2.24) is 9.62 Å². The first-order chi connectivity index (χ1) is 13.9. The van der Waals surface area contributed by atoms with E-state index in [4.69, 9.17) is 0 Å². The van der Waals surface area contributed by atoms with Crippen molar-refractivity contribution in [3.05, 3.63) is 53.2 Å². The van der Waals surface area contributed by atoms with Crippen LogP contribution in [0.3, 0.4) is 0 Å². The Morgan fingerprint density at radius 3 is 2.55 bits per heavy atom. The van der Waals surface area contributed by atoms with Gasteiger partial charge in [0.15, 0.2) is 0 Å². The van der Waals surface area contributed by atoms with Crippen LogP contribution in [0.2, 0.25) is 0 Å². The van der Waals surface area contributed by atoms with Gasteiger partial charge in [-0.3, -0.25) is 4.79 Å². The molecule has 0 aliphatic carbocycles. The fourth-order valence-corrected chi connectivity index (χ4v) is 5.58. The van der Waals surface area contributed by atoms with Crippen LogP contribution >= 0.6 is 11.3 Å². The average Bonchev–Trinajstić information content (AvgIpc) is 3.16. The molecule has 2 heterocycles. The van der Waals surface area contributed by atoms with Crippen LogP contribution in [0.4, 0.5) is 4.39 Å². The summed E-state index contributed by atoms with van der Waals surface area (Å²) in [4.78, 5) is 16.1. The smallest absolute Gasteiger partial charge is 0.246 e. The highest BCUT2D eigenvalue weighted by molar-refractivity contribution is 7.89. The van der Waals surface area contributed by atoms with Crippen molar-refractivity contribution in [3.63, 3.8) is 0 Å². The number of hydrogen-bond acceptors (Lipinski definition) is 4. The zero-order valence-electron chi connectivity index (χ0n) is 16.3. The van der Waals surface area contributed by atoms with Gasteiger partial charge in [0.1, 0.15) is 5.82 Å². The van der Waals surface area contributed by atoms with Crippen molar-refractivity contribution >= 4 is 33.3 Å². The lowest BCUT2D eigenvalue weighted by Gasteiger charge is -2.31. The number of rotatable bonds is 7. The molecule has 1 saturated heterocycles. The summed E-state index contributed by atoms with van der Waals surface area (Å²) in [7, 11) is -3.23. The van der Waals surface area contributed by atoms with Crippen LogP contribution in [0, 0.1) is 5.82 Å². The largest absolute Gasteiger partial charge is 0.339 e. The summed E-state index contributed by atoms with van der Waals surface area (Å²) in [6.45, 7) is 2.91. The average molecular weight is 437 g/mol. The van der Waals surface area contributed by atoms with E-state index in [1.807, 2.05) is 19.1 Å². The lowest BCUT2D eigenvalue weighted by atomic mass is 10.1. The first kappa shape index (κ1) is 21.7. The Kier molecular flexibility index (Phi) is 7.21. The Labute approximate surface area is 175 Å². The molecule has 0 spiro atoms. The number of nitrogens with one attached hydrogen (secondary N) is 1. The number of halogens is 1. The van der Waals surface area contributed by atoms with Crippen LogP contribution in [0.1, 0.15) is 31.1 Å². The van der Waals surface area contributed by atoms with Crippen molar-refractivity contribution < 1.29 is 17.6 Å². The van der Waals surface area contributed by atoms with Gasteiger partial charge in [0, 0.05) is 35.0 Å². The third-order valence-electron chi connectivity index (χ3n) is 4.77. The second-order valence-corrected chi connectivity index (χ2v) is 10.1. The molecule has 1 fully saturated rings. The van der Waals surface area contributed by atoms with E-state index in [0.717, 1.165) is 15.3 Å². The molecule has 5 nitrogen and oxygen atoms in total. The van der Waals surface area contributed by atoms with Crippen LogP contribution in [-0.2, 0) is 14.8 Å². The highest BCUT2D eigenvalue weighted by Gasteiger charge is 2.24. The zero-order valence-corrected chi connectivity index (χ0v) is 17.9. The van der Waals surface area contributed by atoms with Crippen molar-refractivity contribution in [1.29, 1.82) is 0 Å². The van der Waals surface area contributed by atoms with Crippen LogP contribution in [0.25, 0.3) is 16.5 Å². The number of carbonyl (C=O) groups is 1. The molecule has 1 amide bonds. The minimum Gasteiger partial charge on any atom is -0.339 e. The van der Waals surface area contributed by atoms with E-state index in [1.165, 1.54) is 23.5 Å². The SMILES string of the molecule is CCCS(=O)(=O)NC1CCN(C(=O)/C=C/c2ccc(-c3ccc(F)cc3)s2)CC1. The third kappa shape index (κ3) is 6.22. The van der Waals surface area contributed by atoms with E-state index in [1.54, 1.807) is 29.2 Å². The summed E-state index contributed by atoms with van der Waals surface area (Å²) in [5.74, 6) is -0.204. The molecule has 1 N–H and O–H groups in total. The number of carbonyl (C=O) groups excluding carboxylic acids is 1. The van der Waals surface area contributed by atoms with Crippen molar-refractivity contribution in [2.75, 3.05) is 18.8 Å². The van der Waals surface area contributed by atoms with Crippen molar-refractivity contribution in [3.8, 4) is 10.4 Å². The number of nitrogens with zero attached hydrogens (tertiary/aromatic N) is 1. The monoisotopic (exact) mass is 436 g/mol. The molecule has 0 saturated carbocycles. The molecular weight excluding hydrogens is 411 g/mol. The van der Waals surface area contributed by atoms with E-state index >= 15 is 0 Å². The van der Waals surface area contributed by atoms with E-state index in [-0.39, 0.29) is 23.5 Å². The van der Waals surface area contributed by atoms with Gasteiger partial charge < -0.3 is 4.90 Å². The van der Waals surface area contributed by atoms with E-state index < -0.39 is 10.0 Å². The molecule has 1 aliphatic heterocycles. The second kappa shape index (κ2) is 9.65. The van der Waals surface area contributed by atoms with Crippen molar-refractivity contribution in [2.24, 2.45) is 0 Å². The fourth-order valence-electron chi connectivity index (χ4n) is 3.27. The molecule has 156 valence electrons. The Morgan fingerprint density at radius 1 is 1.21 bits per heavy atom. The number of amides is 1. The summed E-state index contributed by atoms with van der Waals surface area (Å²) < 4.78 is 39.5. The van der Waals surface area contributed by atoms with Gasteiger partial charge in [-0.15, -0.1) is 11.3 Å². The lowest BCUT2D eigenvalue weighted by Crippen LogP contribution is -2.46. The summed E-state index contributed by atoms with van der Waals surface area (Å²) in [6, 6.07) is 10.1. The number of thiophene rings is 1. The number of benzene rings is 1. The predicted molar refractivity (Wildman–Crippen MR) is 116 cm³/mol. The Bertz CT molecular complexity index is 960. The molecule has 1 aromatic carbocycles. The van der Waals surface area contributed by atoms with Gasteiger partial charge in [-0.1, -0.05) is 19.1 Å². The van der Waals surface area contributed by atoms with Gasteiger partial charge in [0.05, 0.1) is 5.75 Å². The number of likely N-dealkylation sites (tertiary alicyclic amines) is 1. The maximum absolute atomic E-state index is 13.1. The quantitative estimate of drug-likeness (QED) is 0.670. The third-order valence-corrected chi connectivity index (χ3v) is 7.51. The summed E-state index contributed by atoms with van der Waals surface area (Å²) in [6.07, 6.45) is 5.17. The Morgan fingerprint density at radius 2 is 1.90 bits per heavy atom. The minimum absolute atomic E-state index is 0.0726. The summed E-state index contributed by atoms with van der Waals surface area (Å²) in [5.41, 5.74) is 0.940. The maximum atomic E-state index is 13.1. The standard InChI is InChI=1S/C21H25FN2O3S2/c1-2-15-29(26,27)23-18-11-13-24(14-12-18)21(25)10-8-19-7-9-20(28-19)16-3-5-17(22)6-4-16/h3-10,18,23H,2,11-15H2,1H3/b10-8+. The molecule has 0 unspecified atom stereocenters. The topological polar surface area (TPSA) is 66.5 Å². The molecule has 3 rings (SSSR count). The summed E-state index contributed by atoms with van der Waals surface area (Å²) >= 11 is 1.54. The highest BCUT2D eigenvalue weighted by Crippen LogP contribution is 2.29.